The summed E-state index contributed by atoms with van der Waals surface area (Å²) in [4.78, 5) is 16.4. The minimum absolute atomic E-state index is 0.221. The Labute approximate surface area is 146 Å². The van der Waals surface area contributed by atoms with Crippen molar-refractivity contribution >= 4 is 15.7 Å². The molecule has 0 aliphatic carbocycles. The van der Waals surface area contributed by atoms with Crippen LogP contribution in [0.4, 0.5) is 0 Å². The first-order valence-corrected chi connectivity index (χ1v) is 9.14. The molecule has 1 heterocycles. The summed E-state index contributed by atoms with van der Waals surface area (Å²) in [6, 6.07) is 19.9. The maximum absolute atomic E-state index is 12.5. The summed E-state index contributed by atoms with van der Waals surface area (Å²) in [5, 5.41) is 2.75. The van der Waals surface area contributed by atoms with E-state index in [2.05, 4.69) is 10.3 Å². The second-order valence-electron chi connectivity index (χ2n) is 5.36. The third-order valence-corrected chi connectivity index (χ3v) is 5.42. The number of aromatic nitrogens is 1. The van der Waals surface area contributed by atoms with Gasteiger partial charge >= 0.3 is 0 Å². The fourth-order valence-electron chi connectivity index (χ4n) is 2.29. The van der Waals surface area contributed by atoms with Gasteiger partial charge in [0.15, 0.2) is 0 Å². The van der Waals surface area contributed by atoms with E-state index in [1.807, 2.05) is 0 Å². The molecule has 6 heteroatoms. The first-order chi connectivity index (χ1) is 12.1. The molecule has 1 N–H and O–H groups in total. The fraction of sp³-hybridized carbons (Fsp3) is 0.0526. The molecule has 126 valence electrons. The summed E-state index contributed by atoms with van der Waals surface area (Å²) in [5.74, 6) is -0.276. The number of nitrogens with zero attached hydrogens (tertiary/aromatic N) is 1. The molecule has 3 aromatic rings. The average Bonchev–Trinajstić information content (AvgIpc) is 2.68. The van der Waals surface area contributed by atoms with Crippen LogP contribution >= 0.6 is 0 Å². The summed E-state index contributed by atoms with van der Waals surface area (Å²) in [6.07, 6.45) is 1.55. The zero-order chi connectivity index (χ0) is 17.7. The summed E-state index contributed by atoms with van der Waals surface area (Å²) in [5.41, 5.74) is 1.14. The van der Waals surface area contributed by atoms with Crippen LogP contribution in [0.25, 0.3) is 0 Å². The highest BCUT2D eigenvalue weighted by atomic mass is 32.2. The van der Waals surface area contributed by atoms with E-state index < -0.39 is 9.84 Å². The summed E-state index contributed by atoms with van der Waals surface area (Å²) in [7, 11) is -3.53. The smallest absolute Gasteiger partial charge is 0.270 e. The maximum atomic E-state index is 12.5. The standard InChI is InChI=1S/C19H16N2O3S/c22-19(18-8-4-5-13-20-18)21-14-15-9-11-17(12-10-15)25(23,24)16-6-2-1-3-7-16/h1-13H,14H2,(H,21,22). The van der Waals surface area contributed by atoms with Gasteiger partial charge in [-0.2, -0.15) is 0 Å². The number of rotatable bonds is 5. The van der Waals surface area contributed by atoms with Crippen molar-refractivity contribution in [3.05, 3.63) is 90.3 Å². The van der Waals surface area contributed by atoms with E-state index in [1.54, 1.807) is 79.0 Å². The van der Waals surface area contributed by atoms with Crippen LogP contribution in [0.15, 0.2) is 88.8 Å². The van der Waals surface area contributed by atoms with E-state index in [4.69, 9.17) is 0 Å². The van der Waals surface area contributed by atoms with Crippen LogP contribution in [0.2, 0.25) is 0 Å². The lowest BCUT2D eigenvalue weighted by atomic mass is 10.2. The Hall–Kier alpha value is -2.99. The molecule has 0 aliphatic heterocycles. The zero-order valence-corrected chi connectivity index (χ0v) is 14.1. The monoisotopic (exact) mass is 352 g/mol. The molecule has 3 rings (SSSR count). The lowest BCUT2D eigenvalue weighted by molar-refractivity contribution is 0.0946. The Morgan fingerprint density at radius 3 is 2.12 bits per heavy atom. The molecule has 0 spiro atoms. The maximum Gasteiger partial charge on any atom is 0.270 e. The van der Waals surface area contributed by atoms with Gasteiger partial charge in [-0.1, -0.05) is 36.4 Å². The van der Waals surface area contributed by atoms with Crippen molar-refractivity contribution in [1.82, 2.24) is 10.3 Å². The van der Waals surface area contributed by atoms with Crippen LogP contribution in [-0.2, 0) is 16.4 Å². The van der Waals surface area contributed by atoms with E-state index in [0.717, 1.165) is 5.56 Å². The number of hydrogen-bond donors (Lipinski definition) is 1. The molecular weight excluding hydrogens is 336 g/mol. The van der Waals surface area contributed by atoms with Crippen molar-refractivity contribution in [1.29, 1.82) is 0 Å². The number of carbonyl (C=O) groups is 1. The van der Waals surface area contributed by atoms with Crippen molar-refractivity contribution in [2.24, 2.45) is 0 Å². The summed E-state index contributed by atoms with van der Waals surface area (Å²) < 4.78 is 25.0. The van der Waals surface area contributed by atoms with Crippen LogP contribution in [-0.4, -0.2) is 19.3 Å². The van der Waals surface area contributed by atoms with Gasteiger partial charge in [0.25, 0.3) is 5.91 Å². The number of sulfone groups is 1. The van der Waals surface area contributed by atoms with E-state index in [1.165, 1.54) is 0 Å². The second kappa shape index (κ2) is 7.27. The minimum atomic E-state index is -3.53. The Balaban J connectivity index is 1.70. The minimum Gasteiger partial charge on any atom is -0.347 e. The van der Waals surface area contributed by atoms with Gasteiger partial charge in [-0.15, -0.1) is 0 Å². The van der Waals surface area contributed by atoms with Crippen LogP contribution in [0.5, 0.6) is 0 Å². The van der Waals surface area contributed by atoms with Gasteiger partial charge in [0.05, 0.1) is 9.79 Å². The largest absolute Gasteiger partial charge is 0.347 e. The molecule has 25 heavy (non-hydrogen) atoms. The fourth-order valence-corrected chi connectivity index (χ4v) is 3.57. The third kappa shape index (κ3) is 3.92. The van der Waals surface area contributed by atoms with Gasteiger partial charge in [-0.25, -0.2) is 8.42 Å². The molecule has 0 saturated heterocycles. The first-order valence-electron chi connectivity index (χ1n) is 7.66. The van der Waals surface area contributed by atoms with Crippen LogP contribution < -0.4 is 5.32 Å². The third-order valence-electron chi connectivity index (χ3n) is 3.64. The molecule has 0 saturated carbocycles. The van der Waals surface area contributed by atoms with Crippen LogP contribution in [0, 0.1) is 0 Å². The Bertz CT molecular complexity index is 955. The van der Waals surface area contributed by atoms with Gasteiger partial charge in [-0.3, -0.25) is 9.78 Å². The SMILES string of the molecule is O=C(NCc1ccc(S(=O)(=O)c2ccccc2)cc1)c1ccccn1. The molecule has 0 atom stereocenters. The van der Waals surface area contributed by atoms with E-state index in [-0.39, 0.29) is 15.7 Å². The predicted octanol–water partition coefficient (Wildman–Crippen LogP) is 2.84. The Kier molecular flexibility index (Phi) is 4.90. The number of carbonyl (C=O) groups excluding carboxylic acids is 1. The van der Waals surface area contributed by atoms with Gasteiger partial charge in [0.2, 0.25) is 9.84 Å². The lowest BCUT2D eigenvalue weighted by Crippen LogP contribution is -2.23. The van der Waals surface area contributed by atoms with Crippen molar-refractivity contribution in [3.8, 4) is 0 Å². The molecule has 1 aromatic heterocycles. The molecular formula is C19H16N2O3S. The van der Waals surface area contributed by atoms with Crippen LogP contribution in [0.3, 0.4) is 0 Å². The molecule has 2 aromatic carbocycles. The number of pyridine rings is 1. The molecule has 0 aliphatic rings. The highest BCUT2D eigenvalue weighted by Crippen LogP contribution is 2.20. The Morgan fingerprint density at radius 2 is 1.48 bits per heavy atom. The Morgan fingerprint density at radius 1 is 0.840 bits per heavy atom. The van der Waals surface area contributed by atoms with Gasteiger partial charge in [0.1, 0.15) is 5.69 Å². The predicted molar refractivity (Wildman–Crippen MR) is 93.7 cm³/mol. The normalized spacial score (nSPS) is 11.0. The van der Waals surface area contributed by atoms with Crippen molar-refractivity contribution < 1.29 is 13.2 Å². The highest BCUT2D eigenvalue weighted by Gasteiger charge is 2.16. The number of benzene rings is 2. The number of hydrogen-bond acceptors (Lipinski definition) is 4. The second-order valence-corrected chi connectivity index (χ2v) is 7.31. The van der Waals surface area contributed by atoms with Gasteiger partial charge < -0.3 is 5.32 Å². The van der Waals surface area contributed by atoms with Crippen LogP contribution in [0.1, 0.15) is 16.1 Å². The van der Waals surface area contributed by atoms with E-state index in [9.17, 15) is 13.2 Å². The van der Waals surface area contributed by atoms with Gasteiger partial charge in [0, 0.05) is 12.7 Å². The topological polar surface area (TPSA) is 76.1 Å². The number of amides is 1. The average molecular weight is 352 g/mol. The molecule has 1 amide bonds. The zero-order valence-electron chi connectivity index (χ0n) is 13.3. The molecule has 5 nitrogen and oxygen atoms in total. The quantitative estimate of drug-likeness (QED) is 0.766. The summed E-state index contributed by atoms with van der Waals surface area (Å²) >= 11 is 0. The lowest BCUT2D eigenvalue weighted by Gasteiger charge is -2.07. The van der Waals surface area contributed by atoms with Crippen molar-refractivity contribution in [3.63, 3.8) is 0 Å². The number of nitrogens with one attached hydrogen (secondary N) is 1. The van der Waals surface area contributed by atoms with E-state index in [0.29, 0.717) is 12.2 Å². The molecule has 0 radical (unpaired) electrons. The molecule has 0 bridgehead atoms. The first kappa shape index (κ1) is 16.9. The molecule has 0 fully saturated rings. The molecule has 0 unspecified atom stereocenters. The highest BCUT2D eigenvalue weighted by molar-refractivity contribution is 7.91. The van der Waals surface area contributed by atoms with Gasteiger partial charge in [-0.05, 0) is 42.0 Å². The van der Waals surface area contributed by atoms with E-state index >= 15 is 0 Å². The summed E-state index contributed by atoms with van der Waals surface area (Å²) in [6.45, 7) is 0.293. The van der Waals surface area contributed by atoms with Crippen molar-refractivity contribution in [2.45, 2.75) is 16.3 Å². The van der Waals surface area contributed by atoms with Crippen molar-refractivity contribution in [2.75, 3.05) is 0 Å².